The van der Waals surface area contributed by atoms with Crippen molar-refractivity contribution < 1.29 is 18.4 Å². The molecular formula is C13H17F2N3O2. The molecule has 0 saturated carbocycles. The maximum absolute atomic E-state index is 13.2. The number of halogens is 2. The van der Waals surface area contributed by atoms with Crippen LogP contribution in [0.2, 0.25) is 0 Å². The summed E-state index contributed by atoms with van der Waals surface area (Å²) in [5.41, 5.74) is 4.30. The highest BCUT2D eigenvalue weighted by molar-refractivity contribution is 5.94. The maximum atomic E-state index is 13.2. The van der Waals surface area contributed by atoms with Crippen molar-refractivity contribution in [1.29, 1.82) is 0 Å². The zero-order valence-corrected chi connectivity index (χ0v) is 11.1. The number of nitrogens with one attached hydrogen (secondary N) is 2. The van der Waals surface area contributed by atoms with Crippen LogP contribution in [-0.2, 0) is 4.79 Å². The van der Waals surface area contributed by atoms with E-state index < -0.39 is 23.2 Å². The van der Waals surface area contributed by atoms with Gasteiger partial charge in [-0.05, 0) is 18.6 Å². The summed E-state index contributed by atoms with van der Waals surface area (Å²) in [7, 11) is 0. The Balaban J connectivity index is 2.49. The van der Waals surface area contributed by atoms with Crippen molar-refractivity contribution in [2.75, 3.05) is 18.8 Å². The third-order valence-electron chi connectivity index (χ3n) is 2.55. The van der Waals surface area contributed by atoms with Gasteiger partial charge in [-0.2, -0.15) is 0 Å². The second-order valence-corrected chi connectivity index (χ2v) is 4.21. The molecule has 0 heterocycles. The van der Waals surface area contributed by atoms with Gasteiger partial charge in [0.05, 0.1) is 0 Å². The summed E-state index contributed by atoms with van der Waals surface area (Å²) in [5.74, 6) is -2.83. The number of carbonyl (C=O) groups excluding carboxylic acids is 2. The van der Waals surface area contributed by atoms with E-state index in [0.717, 1.165) is 18.6 Å². The highest BCUT2D eigenvalue weighted by Gasteiger charge is 2.13. The quantitative estimate of drug-likeness (QED) is 0.686. The van der Waals surface area contributed by atoms with E-state index in [9.17, 15) is 18.4 Å². The molecule has 1 aromatic carbocycles. The van der Waals surface area contributed by atoms with Gasteiger partial charge in [0.25, 0.3) is 5.91 Å². The number of hydrogen-bond acceptors (Lipinski definition) is 3. The third-order valence-corrected chi connectivity index (χ3v) is 2.55. The first-order valence-electron chi connectivity index (χ1n) is 6.25. The number of amides is 2. The smallest absolute Gasteiger partial charge is 0.251 e. The zero-order chi connectivity index (χ0) is 15.1. The van der Waals surface area contributed by atoms with Crippen LogP contribution in [0.25, 0.3) is 0 Å². The van der Waals surface area contributed by atoms with Crippen LogP contribution < -0.4 is 16.4 Å². The van der Waals surface area contributed by atoms with E-state index in [0.29, 0.717) is 6.54 Å². The Morgan fingerprint density at radius 3 is 2.30 bits per heavy atom. The van der Waals surface area contributed by atoms with E-state index in [2.05, 4.69) is 10.6 Å². The Labute approximate surface area is 115 Å². The van der Waals surface area contributed by atoms with Gasteiger partial charge in [0.15, 0.2) is 0 Å². The molecule has 4 N–H and O–H groups in total. The van der Waals surface area contributed by atoms with Gasteiger partial charge < -0.3 is 16.4 Å². The second-order valence-electron chi connectivity index (χ2n) is 4.21. The van der Waals surface area contributed by atoms with E-state index in [1.165, 1.54) is 0 Å². The summed E-state index contributed by atoms with van der Waals surface area (Å²) in [5, 5.41) is 5.05. The molecule has 20 heavy (non-hydrogen) atoms. The average Bonchev–Trinajstić information content (AvgIpc) is 2.41. The fourth-order valence-electron chi connectivity index (χ4n) is 1.46. The molecule has 1 aromatic rings. The minimum Gasteiger partial charge on any atom is -0.394 e. The van der Waals surface area contributed by atoms with E-state index in [-0.39, 0.29) is 24.4 Å². The molecule has 0 fully saturated rings. The van der Waals surface area contributed by atoms with Gasteiger partial charge in [0, 0.05) is 25.1 Å². The fourth-order valence-corrected chi connectivity index (χ4v) is 1.46. The zero-order valence-electron chi connectivity index (χ0n) is 11.1. The largest absolute Gasteiger partial charge is 0.394 e. The molecule has 0 saturated heterocycles. The van der Waals surface area contributed by atoms with Crippen LogP contribution in [0.15, 0.2) is 12.1 Å². The normalized spacial score (nSPS) is 10.2. The van der Waals surface area contributed by atoms with Crippen molar-refractivity contribution in [2.24, 2.45) is 0 Å². The minimum atomic E-state index is -0.990. The van der Waals surface area contributed by atoms with Crippen molar-refractivity contribution in [2.45, 2.75) is 19.8 Å². The Morgan fingerprint density at radius 2 is 1.75 bits per heavy atom. The molecule has 0 aliphatic rings. The van der Waals surface area contributed by atoms with Crippen LogP contribution >= 0.6 is 0 Å². The molecule has 0 spiro atoms. The number of anilines is 1. The summed E-state index contributed by atoms with van der Waals surface area (Å²) in [6.45, 7) is 2.58. The van der Waals surface area contributed by atoms with Crippen LogP contribution in [-0.4, -0.2) is 24.9 Å². The van der Waals surface area contributed by atoms with E-state index in [4.69, 9.17) is 5.73 Å². The van der Waals surface area contributed by atoms with Crippen LogP contribution in [0, 0.1) is 11.6 Å². The molecular weight excluding hydrogens is 268 g/mol. The van der Waals surface area contributed by atoms with Crippen molar-refractivity contribution in [1.82, 2.24) is 10.6 Å². The molecule has 5 nitrogen and oxygen atoms in total. The predicted molar refractivity (Wildman–Crippen MR) is 71.0 cm³/mol. The van der Waals surface area contributed by atoms with E-state index in [1.54, 1.807) is 0 Å². The van der Waals surface area contributed by atoms with Crippen molar-refractivity contribution in [3.8, 4) is 0 Å². The molecule has 110 valence electrons. The summed E-state index contributed by atoms with van der Waals surface area (Å²) in [4.78, 5) is 22.9. The molecule has 0 aromatic heterocycles. The fraction of sp³-hybridized carbons (Fsp3) is 0.385. The number of hydrogen-bond donors (Lipinski definition) is 3. The first kappa shape index (κ1) is 15.9. The van der Waals surface area contributed by atoms with Crippen molar-refractivity contribution in [3.05, 3.63) is 29.3 Å². The summed E-state index contributed by atoms with van der Waals surface area (Å²) in [6, 6.07) is 1.70. The Bertz CT molecular complexity index is 483. The van der Waals surface area contributed by atoms with Crippen LogP contribution in [0.3, 0.4) is 0 Å². The highest BCUT2D eigenvalue weighted by Crippen LogP contribution is 2.17. The van der Waals surface area contributed by atoms with E-state index in [1.807, 2.05) is 6.92 Å². The Morgan fingerprint density at radius 1 is 1.15 bits per heavy atom. The van der Waals surface area contributed by atoms with Gasteiger partial charge in [0.2, 0.25) is 5.91 Å². The van der Waals surface area contributed by atoms with Crippen LogP contribution in [0.4, 0.5) is 14.5 Å². The molecule has 0 atom stereocenters. The standard InChI is InChI=1S/C13H17F2N3O2/c1-2-4-17-11(19)3-5-18-13(20)8-6-9(14)12(16)10(15)7-8/h6-7H,2-5,16H2,1H3,(H,17,19)(H,18,20). The Hall–Kier alpha value is -2.18. The molecule has 0 radical (unpaired) electrons. The third kappa shape index (κ3) is 4.49. The first-order valence-corrected chi connectivity index (χ1v) is 6.25. The summed E-state index contributed by atoms with van der Waals surface area (Å²) in [6.07, 6.45) is 0.924. The number of nitrogen functional groups attached to an aromatic ring is 1. The summed E-state index contributed by atoms with van der Waals surface area (Å²) >= 11 is 0. The molecule has 2 amide bonds. The lowest BCUT2D eigenvalue weighted by Gasteiger charge is -2.07. The van der Waals surface area contributed by atoms with Crippen LogP contribution in [0.5, 0.6) is 0 Å². The van der Waals surface area contributed by atoms with E-state index >= 15 is 0 Å². The van der Waals surface area contributed by atoms with Gasteiger partial charge in [-0.25, -0.2) is 8.78 Å². The maximum Gasteiger partial charge on any atom is 0.251 e. The van der Waals surface area contributed by atoms with Gasteiger partial charge >= 0.3 is 0 Å². The second kappa shape index (κ2) is 7.42. The average molecular weight is 285 g/mol. The molecule has 7 heteroatoms. The van der Waals surface area contributed by atoms with Gasteiger partial charge in [-0.3, -0.25) is 9.59 Å². The first-order chi connectivity index (χ1) is 9.45. The molecule has 1 rings (SSSR count). The van der Waals surface area contributed by atoms with Crippen molar-refractivity contribution >= 4 is 17.5 Å². The monoisotopic (exact) mass is 285 g/mol. The lowest BCUT2D eigenvalue weighted by Crippen LogP contribution is -2.31. The SMILES string of the molecule is CCCNC(=O)CCNC(=O)c1cc(F)c(N)c(F)c1. The number of rotatable bonds is 6. The number of benzene rings is 1. The minimum absolute atomic E-state index is 0.0853. The van der Waals surface area contributed by atoms with Gasteiger partial charge in [-0.1, -0.05) is 6.92 Å². The summed E-state index contributed by atoms with van der Waals surface area (Å²) < 4.78 is 26.4. The number of carbonyl (C=O) groups is 2. The molecule has 0 bridgehead atoms. The lowest BCUT2D eigenvalue weighted by molar-refractivity contribution is -0.120. The molecule has 0 aliphatic carbocycles. The van der Waals surface area contributed by atoms with Gasteiger partial charge in [-0.15, -0.1) is 0 Å². The van der Waals surface area contributed by atoms with Crippen LogP contribution in [0.1, 0.15) is 30.1 Å². The van der Waals surface area contributed by atoms with Gasteiger partial charge in [0.1, 0.15) is 17.3 Å². The lowest BCUT2D eigenvalue weighted by atomic mass is 10.1. The Kier molecular flexibility index (Phi) is 5.89. The molecule has 0 aliphatic heterocycles. The topological polar surface area (TPSA) is 84.2 Å². The molecule has 0 unspecified atom stereocenters. The predicted octanol–water partition coefficient (Wildman–Crippen LogP) is 1.19. The number of nitrogens with two attached hydrogens (primary N) is 1. The van der Waals surface area contributed by atoms with Crippen molar-refractivity contribution in [3.63, 3.8) is 0 Å². The highest BCUT2D eigenvalue weighted by atomic mass is 19.1.